The van der Waals surface area contributed by atoms with Crippen molar-refractivity contribution in [2.75, 3.05) is 19.6 Å². The van der Waals surface area contributed by atoms with Crippen LogP contribution in [0.1, 0.15) is 31.7 Å². The number of benzene rings is 1. The predicted octanol–water partition coefficient (Wildman–Crippen LogP) is 2.56. The lowest BCUT2D eigenvalue weighted by atomic mass is 9.96. The van der Waals surface area contributed by atoms with Gasteiger partial charge in [0.15, 0.2) is 0 Å². The summed E-state index contributed by atoms with van der Waals surface area (Å²) >= 11 is 0. The number of piperazine rings is 1. The van der Waals surface area contributed by atoms with Crippen LogP contribution in [0.5, 0.6) is 0 Å². The number of carbonyl (C=O) groups excluding carboxylic acids is 1. The number of rotatable bonds is 3. The van der Waals surface area contributed by atoms with Crippen molar-refractivity contribution in [1.82, 2.24) is 10.2 Å². The summed E-state index contributed by atoms with van der Waals surface area (Å²) in [6, 6.07) is 6.75. The first-order chi connectivity index (χ1) is 9.08. The third-order valence-corrected chi connectivity index (χ3v) is 3.72. The molecule has 1 saturated heterocycles. The first kappa shape index (κ1) is 16.9. The molecule has 0 aromatic heterocycles. The molecule has 2 rings (SSSR count). The van der Waals surface area contributed by atoms with Gasteiger partial charge in [0.25, 0.3) is 0 Å². The van der Waals surface area contributed by atoms with E-state index >= 15 is 0 Å². The number of nitrogens with one attached hydrogen (secondary N) is 1. The van der Waals surface area contributed by atoms with E-state index in [1.807, 2.05) is 17.9 Å². The number of nitrogens with zero attached hydrogens (tertiary/aromatic N) is 1. The number of halogens is 2. The van der Waals surface area contributed by atoms with Crippen LogP contribution < -0.4 is 5.32 Å². The maximum Gasteiger partial charge on any atom is 0.223 e. The summed E-state index contributed by atoms with van der Waals surface area (Å²) in [5.74, 6) is -0.0385. The van der Waals surface area contributed by atoms with Crippen molar-refractivity contribution in [2.45, 2.75) is 32.2 Å². The van der Waals surface area contributed by atoms with Gasteiger partial charge in [-0.15, -0.1) is 12.4 Å². The summed E-state index contributed by atoms with van der Waals surface area (Å²) in [5, 5.41) is 3.27. The molecule has 2 atom stereocenters. The molecule has 20 heavy (non-hydrogen) atoms. The summed E-state index contributed by atoms with van der Waals surface area (Å²) < 4.78 is 13.2. The standard InChI is InChI=1S/C15H21FN2O.ClH/c1-11(13-4-3-5-14(16)9-13)8-15(19)18-7-6-17-10-12(18)2;/h3-5,9,11-12,17H,6-8,10H2,1-2H3;1H/t11?,12-;/m1./s1. The largest absolute Gasteiger partial charge is 0.337 e. The molecule has 1 aromatic rings. The Morgan fingerprint density at radius 1 is 1.55 bits per heavy atom. The second kappa shape index (κ2) is 7.60. The average molecular weight is 301 g/mol. The van der Waals surface area contributed by atoms with Crippen LogP contribution in [0.15, 0.2) is 24.3 Å². The normalized spacial score (nSPS) is 20.1. The highest BCUT2D eigenvalue weighted by Gasteiger charge is 2.24. The van der Waals surface area contributed by atoms with Crippen LogP contribution in [0.2, 0.25) is 0 Å². The fraction of sp³-hybridized carbons (Fsp3) is 0.533. The van der Waals surface area contributed by atoms with Gasteiger partial charge in [-0.1, -0.05) is 19.1 Å². The first-order valence-electron chi connectivity index (χ1n) is 6.83. The topological polar surface area (TPSA) is 32.3 Å². The van der Waals surface area contributed by atoms with E-state index in [-0.39, 0.29) is 36.1 Å². The SMILES string of the molecule is CC(CC(=O)N1CCNC[C@H]1C)c1cccc(F)c1.Cl. The van der Waals surface area contributed by atoms with Crippen LogP contribution in [-0.4, -0.2) is 36.5 Å². The lowest BCUT2D eigenvalue weighted by Gasteiger charge is -2.34. The highest BCUT2D eigenvalue weighted by Crippen LogP contribution is 2.21. The quantitative estimate of drug-likeness (QED) is 0.930. The van der Waals surface area contributed by atoms with E-state index in [1.165, 1.54) is 12.1 Å². The Kier molecular flexibility index (Phi) is 6.43. The number of carbonyl (C=O) groups is 1. The van der Waals surface area contributed by atoms with E-state index in [9.17, 15) is 9.18 Å². The summed E-state index contributed by atoms with van der Waals surface area (Å²) in [6.45, 7) is 6.48. The molecule has 1 aromatic carbocycles. The molecule has 0 aliphatic carbocycles. The van der Waals surface area contributed by atoms with Gasteiger partial charge >= 0.3 is 0 Å². The second-order valence-electron chi connectivity index (χ2n) is 5.30. The Morgan fingerprint density at radius 3 is 2.95 bits per heavy atom. The van der Waals surface area contributed by atoms with E-state index in [2.05, 4.69) is 12.2 Å². The molecule has 5 heteroatoms. The fourth-order valence-corrected chi connectivity index (χ4v) is 2.52. The van der Waals surface area contributed by atoms with Gasteiger partial charge in [0.2, 0.25) is 5.91 Å². The Labute approximate surface area is 125 Å². The van der Waals surface area contributed by atoms with Crippen LogP contribution >= 0.6 is 12.4 Å². The number of hydrogen-bond acceptors (Lipinski definition) is 2. The van der Waals surface area contributed by atoms with Crippen molar-refractivity contribution in [3.05, 3.63) is 35.6 Å². The van der Waals surface area contributed by atoms with Gasteiger partial charge in [-0.2, -0.15) is 0 Å². The highest BCUT2D eigenvalue weighted by atomic mass is 35.5. The number of amides is 1. The zero-order valence-electron chi connectivity index (χ0n) is 11.9. The Hall–Kier alpha value is -1.13. The van der Waals surface area contributed by atoms with Gasteiger partial charge in [-0.25, -0.2) is 4.39 Å². The van der Waals surface area contributed by atoms with Crippen molar-refractivity contribution in [1.29, 1.82) is 0 Å². The maximum absolute atomic E-state index is 13.2. The molecule has 1 fully saturated rings. The van der Waals surface area contributed by atoms with Crippen LogP contribution in [-0.2, 0) is 4.79 Å². The van der Waals surface area contributed by atoms with Gasteiger partial charge < -0.3 is 10.2 Å². The fourth-order valence-electron chi connectivity index (χ4n) is 2.52. The van der Waals surface area contributed by atoms with Crippen LogP contribution in [0, 0.1) is 5.82 Å². The molecule has 1 heterocycles. The molecule has 1 aliphatic rings. The molecule has 0 spiro atoms. The highest BCUT2D eigenvalue weighted by molar-refractivity contribution is 5.85. The monoisotopic (exact) mass is 300 g/mol. The average Bonchev–Trinajstić information content (AvgIpc) is 2.39. The van der Waals surface area contributed by atoms with E-state index in [4.69, 9.17) is 0 Å². The third-order valence-electron chi connectivity index (χ3n) is 3.72. The Bertz CT molecular complexity index is 455. The molecular formula is C15H22ClFN2O. The molecule has 0 bridgehead atoms. The van der Waals surface area contributed by atoms with Crippen molar-refractivity contribution < 1.29 is 9.18 Å². The van der Waals surface area contributed by atoms with E-state index in [0.717, 1.165) is 25.2 Å². The minimum absolute atomic E-state index is 0. The van der Waals surface area contributed by atoms with E-state index in [0.29, 0.717) is 6.42 Å². The van der Waals surface area contributed by atoms with E-state index in [1.54, 1.807) is 6.07 Å². The molecule has 1 aliphatic heterocycles. The summed E-state index contributed by atoms with van der Waals surface area (Å²) in [5.41, 5.74) is 0.885. The van der Waals surface area contributed by atoms with Gasteiger partial charge in [0, 0.05) is 32.1 Å². The molecule has 1 unspecified atom stereocenters. The van der Waals surface area contributed by atoms with Crippen molar-refractivity contribution >= 4 is 18.3 Å². The lowest BCUT2D eigenvalue weighted by molar-refractivity contribution is -0.134. The summed E-state index contributed by atoms with van der Waals surface area (Å²) in [6.07, 6.45) is 0.438. The molecular weight excluding hydrogens is 279 g/mol. The summed E-state index contributed by atoms with van der Waals surface area (Å²) in [4.78, 5) is 14.2. The maximum atomic E-state index is 13.2. The third kappa shape index (κ3) is 4.18. The molecule has 0 radical (unpaired) electrons. The molecule has 112 valence electrons. The second-order valence-corrected chi connectivity index (χ2v) is 5.30. The summed E-state index contributed by atoms with van der Waals surface area (Å²) in [7, 11) is 0. The van der Waals surface area contributed by atoms with Crippen molar-refractivity contribution in [3.63, 3.8) is 0 Å². The van der Waals surface area contributed by atoms with Crippen LogP contribution in [0.4, 0.5) is 4.39 Å². The van der Waals surface area contributed by atoms with E-state index < -0.39 is 0 Å². The molecule has 1 N–H and O–H groups in total. The minimum Gasteiger partial charge on any atom is -0.337 e. The molecule has 0 saturated carbocycles. The smallest absolute Gasteiger partial charge is 0.223 e. The van der Waals surface area contributed by atoms with Crippen molar-refractivity contribution in [3.8, 4) is 0 Å². The number of hydrogen-bond donors (Lipinski definition) is 1. The Balaban J connectivity index is 0.00000200. The van der Waals surface area contributed by atoms with Crippen LogP contribution in [0.25, 0.3) is 0 Å². The van der Waals surface area contributed by atoms with Gasteiger partial charge in [0.05, 0.1) is 0 Å². The first-order valence-corrected chi connectivity index (χ1v) is 6.83. The Morgan fingerprint density at radius 2 is 2.30 bits per heavy atom. The minimum atomic E-state index is -0.243. The molecule has 3 nitrogen and oxygen atoms in total. The van der Waals surface area contributed by atoms with Gasteiger partial charge in [-0.05, 0) is 30.5 Å². The van der Waals surface area contributed by atoms with Gasteiger partial charge in [-0.3, -0.25) is 4.79 Å². The predicted molar refractivity (Wildman–Crippen MR) is 80.7 cm³/mol. The zero-order valence-corrected chi connectivity index (χ0v) is 12.8. The van der Waals surface area contributed by atoms with Crippen molar-refractivity contribution in [2.24, 2.45) is 0 Å². The van der Waals surface area contributed by atoms with Gasteiger partial charge in [0.1, 0.15) is 5.82 Å². The lowest BCUT2D eigenvalue weighted by Crippen LogP contribution is -2.52. The zero-order chi connectivity index (χ0) is 13.8. The molecule has 1 amide bonds. The van der Waals surface area contributed by atoms with Crippen LogP contribution in [0.3, 0.4) is 0 Å².